The van der Waals surface area contributed by atoms with Crippen LogP contribution in [0.15, 0.2) is 40.5 Å². The molecule has 0 amide bonds. The molecule has 3 heteroatoms. The molecule has 0 radical (unpaired) electrons. The second-order valence-electron chi connectivity index (χ2n) is 11.9. The molecule has 0 saturated carbocycles. The third-order valence-corrected chi connectivity index (χ3v) is 10.0. The first kappa shape index (κ1) is 23.9. The van der Waals surface area contributed by atoms with E-state index in [-0.39, 0.29) is 35.1 Å². The van der Waals surface area contributed by atoms with E-state index in [4.69, 9.17) is 0 Å². The third-order valence-electron chi connectivity index (χ3n) is 10.0. The van der Waals surface area contributed by atoms with Crippen molar-refractivity contribution in [3.63, 3.8) is 0 Å². The minimum absolute atomic E-state index is 0.0681. The van der Waals surface area contributed by atoms with Crippen molar-refractivity contribution in [1.29, 1.82) is 0 Å². The van der Waals surface area contributed by atoms with Gasteiger partial charge in [0.05, 0.1) is 11.0 Å². The van der Waals surface area contributed by atoms with Crippen LogP contribution in [0.5, 0.6) is 0 Å². The molecule has 0 spiro atoms. The molecule has 1 aromatic rings. The highest BCUT2D eigenvalue weighted by molar-refractivity contribution is 6.24. The van der Waals surface area contributed by atoms with E-state index >= 15 is 0 Å². The molecule has 3 aliphatic rings. The number of fused-ring (bicyclic) bond motifs is 3. The Bertz CT molecular complexity index is 1180. The zero-order chi connectivity index (χ0) is 24.8. The Hall–Kier alpha value is -2.29. The molecule has 0 aromatic heterocycles. The lowest BCUT2D eigenvalue weighted by Gasteiger charge is -2.66. The molecule has 0 saturated heterocycles. The van der Waals surface area contributed by atoms with Gasteiger partial charge in [0.25, 0.3) is 0 Å². The summed E-state index contributed by atoms with van der Waals surface area (Å²) in [5.74, 6) is 0.278. The van der Waals surface area contributed by atoms with Crippen molar-refractivity contribution in [1.82, 2.24) is 0 Å². The van der Waals surface area contributed by atoms with Crippen LogP contribution in [0.4, 0.5) is 0 Å². The van der Waals surface area contributed by atoms with E-state index < -0.39 is 16.2 Å². The fourth-order valence-electron chi connectivity index (χ4n) is 8.61. The Morgan fingerprint density at radius 2 is 1.67 bits per heavy atom. The normalized spacial score (nSPS) is 36.1. The van der Waals surface area contributed by atoms with E-state index in [1.807, 2.05) is 33.8 Å². The number of allylic oxidation sites excluding steroid dienone is 4. The van der Waals surface area contributed by atoms with E-state index in [0.29, 0.717) is 12.0 Å². The van der Waals surface area contributed by atoms with Crippen LogP contribution >= 0.6 is 0 Å². The summed E-state index contributed by atoms with van der Waals surface area (Å²) in [6.45, 7) is 20.7. The van der Waals surface area contributed by atoms with E-state index in [2.05, 4.69) is 46.8 Å². The van der Waals surface area contributed by atoms with Gasteiger partial charge < -0.3 is 0 Å². The topological polar surface area (TPSA) is 51.2 Å². The molecule has 1 aromatic carbocycles. The van der Waals surface area contributed by atoms with Crippen molar-refractivity contribution in [2.45, 2.75) is 81.6 Å². The molecular weight excluding hydrogens is 408 g/mol. The smallest absolute Gasteiger partial charge is 0.190 e. The van der Waals surface area contributed by atoms with Gasteiger partial charge in [-0.1, -0.05) is 64.0 Å². The minimum atomic E-state index is -0.896. The maximum absolute atomic E-state index is 14.3. The number of ketones is 3. The number of benzene rings is 1. The SMILES string of the molecule is CC(=O)C1=C(C)CC2(C)C(C(C)C)C3(C)C(=C(C)C2(C)C1=O)C(=O)c1c(C)cccc1C3C. The Morgan fingerprint density at radius 3 is 2.21 bits per heavy atom. The van der Waals surface area contributed by atoms with Crippen LogP contribution in [0.1, 0.15) is 96.1 Å². The molecule has 0 fully saturated rings. The molecule has 5 unspecified atom stereocenters. The molecule has 3 aliphatic carbocycles. The van der Waals surface area contributed by atoms with Gasteiger partial charge in [-0.25, -0.2) is 0 Å². The number of hydrogen-bond donors (Lipinski definition) is 0. The van der Waals surface area contributed by atoms with E-state index in [1.165, 1.54) is 6.92 Å². The van der Waals surface area contributed by atoms with Crippen LogP contribution in [-0.4, -0.2) is 17.3 Å². The molecule has 0 heterocycles. The van der Waals surface area contributed by atoms with Gasteiger partial charge in [-0.05, 0) is 75.3 Å². The van der Waals surface area contributed by atoms with Crippen LogP contribution < -0.4 is 0 Å². The summed E-state index contributed by atoms with van der Waals surface area (Å²) >= 11 is 0. The van der Waals surface area contributed by atoms with Crippen molar-refractivity contribution >= 4 is 17.3 Å². The second-order valence-corrected chi connectivity index (χ2v) is 11.9. The number of carbonyl (C=O) groups excluding carboxylic acids is 3. The molecule has 0 N–H and O–H groups in total. The highest BCUT2D eigenvalue weighted by Crippen LogP contribution is 2.72. The lowest BCUT2D eigenvalue weighted by molar-refractivity contribution is -0.143. The van der Waals surface area contributed by atoms with Crippen molar-refractivity contribution in [2.75, 3.05) is 0 Å². The second kappa shape index (κ2) is 7.10. The lowest BCUT2D eigenvalue weighted by Crippen LogP contribution is -2.64. The first-order valence-corrected chi connectivity index (χ1v) is 12.3. The summed E-state index contributed by atoms with van der Waals surface area (Å²) in [5, 5.41) is 0. The first-order chi connectivity index (χ1) is 15.2. The molecule has 5 atom stereocenters. The highest BCUT2D eigenvalue weighted by Gasteiger charge is 2.69. The molecule has 4 rings (SSSR count). The predicted molar refractivity (Wildman–Crippen MR) is 132 cm³/mol. The van der Waals surface area contributed by atoms with Gasteiger partial charge in [0.2, 0.25) is 0 Å². The quantitative estimate of drug-likeness (QED) is 0.470. The highest BCUT2D eigenvalue weighted by atomic mass is 16.2. The van der Waals surface area contributed by atoms with Gasteiger partial charge in [-0.2, -0.15) is 0 Å². The summed E-state index contributed by atoms with van der Waals surface area (Å²) in [6.07, 6.45) is 0.689. The fraction of sp³-hybridized carbons (Fsp3) is 0.567. The summed E-state index contributed by atoms with van der Waals surface area (Å²) in [4.78, 5) is 41.0. The van der Waals surface area contributed by atoms with E-state index in [9.17, 15) is 14.4 Å². The molecule has 33 heavy (non-hydrogen) atoms. The average molecular weight is 447 g/mol. The monoisotopic (exact) mass is 446 g/mol. The van der Waals surface area contributed by atoms with Crippen LogP contribution in [0.25, 0.3) is 0 Å². The van der Waals surface area contributed by atoms with Gasteiger partial charge >= 0.3 is 0 Å². The zero-order valence-corrected chi connectivity index (χ0v) is 21.9. The Labute approximate surface area is 198 Å². The fourth-order valence-corrected chi connectivity index (χ4v) is 8.61. The van der Waals surface area contributed by atoms with Gasteiger partial charge in [0.1, 0.15) is 0 Å². The first-order valence-electron chi connectivity index (χ1n) is 12.3. The third kappa shape index (κ3) is 2.60. The molecular formula is C30H38O3. The van der Waals surface area contributed by atoms with Crippen LogP contribution in [-0.2, 0) is 9.59 Å². The minimum Gasteiger partial charge on any atom is -0.294 e. The van der Waals surface area contributed by atoms with Crippen LogP contribution in [0, 0.1) is 35.0 Å². The Kier molecular flexibility index (Phi) is 5.14. The van der Waals surface area contributed by atoms with E-state index in [1.54, 1.807) is 0 Å². The zero-order valence-electron chi connectivity index (χ0n) is 21.9. The number of Topliss-reactive ketones (excluding diaryl/α,β-unsaturated/α-hetero) is 3. The standard InChI is InChI=1S/C30H38O3/c1-15(2)26-28(8)14-17(4)22(20(7)31)27(33)30(28,10)19(6)24-25(32)23-16(3)12-11-13-21(23)18(5)29(24,26)9/h11-13,15,18,26H,14H2,1-10H3. The number of hydrogen-bond acceptors (Lipinski definition) is 3. The lowest BCUT2D eigenvalue weighted by atomic mass is 9.35. The van der Waals surface area contributed by atoms with E-state index in [0.717, 1.165) is 33.4 Å². The Morgan fingerprint density at radius 1 is 1.06 bits per heavy atom. The maximum atomic E-state index is 14.3. The summed E-state index contributed by atoms with van der Waals surface area (Å²) in [7, 11) is 0. The number of carbonyl (C=O) groups is 3. The van der Waals surface area contributed by atoms with Gasteiger partial charge in [0.15, 0.2) is 17.3 Å². The van der Waals surface area contributed by atoms with Crippen molar-refractivity contribution in [3.05, 3.63) is 57.2 Å². The molecule has 176 valence electrons. The molecule has 3 nitrogen and oxygen atoms in total. The van der Waals surface area contributed by atoms with Gasteiger partial charge in [0, 0.05) is 16.6 Å². The summed E-state index contributed by atoms with van der Waals surface area (Å²) in [6, 6.07) is 6.17. The summed E-state index contributed by atoms with van der Waals surface area (Å²) in [5.41, 5.74) is 4.12. The van der Waals surface area contributed by atoms with Crippen molar-refractivity contribution in [3.8, 4) is 0 Å². The van der Waals surface area contributed by atoms with Gasteiger partial charge in [-0.3, -0.25) is 14.4 Å². The predicted octanol–water partition coefficient (Wildman–Crippen LogP) is 6.79. The maximum Gasteiger partial charge on any atom is 0.190 e. The number of rotatable bonds is 2. The Balaban J connectivity index is 2.17. The van der Waals surface area contributed by atoms with Gasteiger partial charge in [-0.15, -0.1) is 0 Å². The molecule has 0 aliphatic heterocycles. The largest absolute Gasteiger partial charge is 0.294 e. The van der Waals surface area contributed by atoms with Crippen molar-refractivity contribution < 1.29 is 14.4 Å². The molecule has 0 bridgehead atoms. The van der Waals surface area contributed by atoms with Crippen LogP contribution in [0.2, 0.25) is 0 Å². The van der Waals surface area contributed by atoms with Crippen LogP contribution in [0.3, 0.4) is 0 Å². The summed E-state index contributed by atoms with van der Waals surface area (Å²) < 4.78 is 0. The van der Waals surface area contributed by atoms with Crippen molar-refractivity contribution in [2.24, 2.45) is 28.1 Å². The average Bonchev–Trinajstić information content (AvgIpc) is 2.68. The number of aryl methyl sites for hydroxylation is 1.